The molecule has 0 atom stereocenters. The van der Waals surface area contributed by atoms with Crippen molar-refractivity contribution in [2.45, 2.75) is 6.42 Å². The predicted molar refractivity (Wildman–Crippen MR) is 61.6 cm³/mol. The quantitative estimate of drug-likeness (QED) is 0.784. The number of hydrogen-bond acceptors (Lipinski definition) is 3. The van der Waals surface area contributed by atoms with Gasteiger partial charge in [0.2, 0.25) is 0 Å². The lowest BCUT2D eigenvalue weighted by Crippen LogP contribution is -2.24. The summed E-state index contributed by atoms with van der Waals surface area (Å²) in [5.74, 6) is 0. The molecule has 0 unspecified atom stereocenters. The summed E-state index contributed by atoms with van der Waals surface area (Å²) in [7, 11) is 0. The number of H-pyrrole nitrogens is 2. The third-order valence-electron chi connectivity index (χ3n) is 2.35. The van der Waals surface area contributed by atoms with Crippen LogP contribution in [-0.4, -0.2) is 9.97 Å². The molecule has 2 rings (SSSR count). The van der Waals surface area contributed by atoms with E-state index in [9.17, 15) is 9.59 Å². The molecule has 2 aromatic rings. The summed E-state index contributed by atoms with van der Waals surface area (Å²) in [5, 5.41) is 8.75. The fourth-order valence-electron chi connectivity index (χ4n) is 1.54. The molecule has 1 aromatic carbocycles. The fraction of sp³-hybridized carbons (Fsp3) is 0.0833. The Morgan fingerprint density at radius 3 is 2.82 bits per heavy atom. The highest BCUT2D eigenvalue weighted by atomic mass is 16.2. The summed E-state index contributed by atoms with van der Waals surface area (Å²) in [5.41, 5.74) is 0.922. The molecule has 0 amide bonds. The van der Waals surface area contributed by atoms with E-state index in [4.69, 9.17) is 5.26 Å². The van der Waals surface area contributed by atoms with Crippen LogP contribution in [0.2, 0.25) is 0 Å². The molecule has 84 valence electrons. The van der Waals surface area contributed by atoms with Crippen LogP contribution < -0.4 is 11.2 Å². The van der Waals surface area contributed by atoms with Crippen molar-refractivity contribution in [3.05, 3.63) is 68.0 Å². The monoisotopic (exact) mass is 227 g/mol. The largest absolute Gasteiger partial charge is 0.325 e. The zero-order valence-electron chi connectivity index (χ0n) is 8.86. The highest BCUT2D eigenvalue weighted by molar-refractivity contribution is 5.34. The molecule has 0 aliphatic rings. The molecule has 0 saturated carbocycles. The van der Waals surface area contributed by atoms with Crippen LogP contribution in [0.4, 0.5) is 0 Å². The van der Waals surface area contributed by atoms with E-state index >= 15 is 0 Å². The SMILES string of the molecule is N#Cc1cccc(Cc2c[nH]c(=O)[nH]c2=O)c1. The van der Waals surface area contributed by atoms with Crippen molar-refractivity contribution in [3.63, 3.8) is 0 Å². The summed E-state index contributed by atoms with van der Waals surface area (Å²) in [6.45, 7) is 0. The van der Waals surface area contributed by atoms with Crippen molar-refractivity contribution in [2.24, 2.45) is 0 Å². The predicted octanol–water partition coefficient (Wildman–Crippen LogP) is 0.526. The summed E-state index contributed by atoms with van der Waals surface area (Å²) in [4.78, 5) is 26.9. The molecule has 0 saturated heterocycles. The second-order valence-corrected chi connectivity index (χ2v) is 3.59. The number of nitrogens with one attached hydrogen (secondary N) is 2. The summed E-state index contributed by atoms with van der Waals surface area (Å²) < 4.78 is 0. The number of nitriles is 1. The molecule has 0 fully saturated rings. The van der Waals surface area contributed by atoms with E-state index in [-0.39, 0.29) is 0 Å². The van der Waals surface area contributed by atoms with Crippen LogP contribution in [-0.2, 0) is 6.42 Å². The van der Waals surface area contributed by atoms with Gasteiger partial charge >= 0.3 is 5.69 Å². The smallest absolute Gasteiger partial charge is 0.314 e. The van der Waals surface area contributed by atoms with Crippen molar-refractivity contribution in [1.82, 2.24) is 9.97 Å². The van der Waals surface area contributed by atoms with Crippen molar-refractivity contribution in [2.75, 3.05) is 0 Å². The number of hydrogen-bond donors (Lipinski definition) is 2. The lowest BCUT2D eigenvalue weighted by atomic mass is 10.1. The molecule has 1 heterocycles. The Kier molecular flexibility index (Phi) is 2.88. The first kappa shape index (κ1) is 10.9. The summed E-state index contributed by atoms with van der Waals surface area (Å²) >= 11 is 0. The lowest BCUT2D eigenvalue weighted by Gasteiger charge is -2.00. The van der Waals surface area contributed by atoms with Crippen molar-refractivity contribution in [1.29, 1.82) is 5.26 Å². The summed E-state index contributed by atoms with van der Waals surface area (Å²) in [6.07, 6.45) is 1.77. The van der Waals surface area contributed by atoms with E-state index in [1.165, 1.54) is 6.20 Å². The molecule has 5 nitrogen and oxygen atoms in total. The lowest BCUT2D eigenvalue weighted by molar-refractivity contribution is 0.975. The summed E-state index contributed by atoms with van der Waals surface area (Å²) in [6, 6.07) is 9.02. The van der Waals surface area contributed by atoms with E-state index in [2.05, 4.69) is 9.97 Å². The van der Waals surface area contributed by atoms with E-state index in [1.54, 1.807) is 18.2 Å². The van der Waals surface area contributed by atoms with Crippen molar-refractivity contribution < 1.29 is 0 Å². The van der Waals surface area contributed by atoms with Gasteiger partial charge in [0.1, 0.15) is 0 Å². The molecule has 0 radical (unpaired) electrons. The minimum absolute atomic E-state index is 0.377. The van der Waals surface area contributed by atoms with E-state index < -0.39 is 11.2 Å². The number of benzene rings is 1. The van der Waals surface area contributed by atoms with Crippen LogP contribution in [0.5, 0.6) is 0 Å². The molecule has 1 aromatic heterocycles. The first-order valence-electron chi connectivity index (χ1n) is 4.99. The third kappa shape index (κ3) is 2.49. The van der Waals surface area contributed by atoms with E-state index in [1.807, 2.05) is 12.1 Å². The average Bonchev–Trinajstić information content (AvgIpc) is 2.33. The second kappa shape index (κ2) is 4.49. The number of rotatable bonds is 2. The zero-order chi connectivity index (χ0) is 12.3. The molecular formula is C12H9N3O2. The second-order valence-electron chi connectivity index (χ2n) is 3.59. The number of nitrogens with zero attached hydrogens (tertiary/aromatic N) is 1. The maximum absolute atomic E-state index is 11.5. The molecule has 2 N–H and O–H groups in total. The highest BCUT2D eigenvalue weighted by Gasteiger charge is 2.02. The molecule has 0 bridgehead atoms. The molecule has 0 spiro atoms. The van der Waals surface area contributed by atoms with Gasteiger partial charge < -0.3 is 4.98 Å². The minimum Gasteiger partial charge on any atom is -0.314 e. The third-order valence-corrected chi connectivity index (χ3v) is 2.35. The van der Waals surface area contributed by atoms with Gasteiger partial charge in [0.15, 0.2) is 0 Å². The Labute approximate surface area is 96.4 Å². The van der Waals surface area contributed by atoms with Gasteiger partial charge in [0.05, 0.1) is 11.6 Å². The van der Waals surface area contributed by atoms with Crippen molar-refractivity contribution >= 4 is 0 Å². The van der Waals surface area contributed by atoms with Gasteiger partial charge in [-0.2, -0.15) is 5.26 Å². The van der Waals surface area contributed by atoms with Crippen LogP contribution in [0.15, 0.2) is 40.1 Å². The Morgan fingerprint density at radius 2 is 2.12 bits per heavy atom. The van der Waals surface area contributed by atoms with Gasteiger partial charge in [-0.15, -0.1) is 0 Å². The molecular weight excluding hydrogens is 218 g/mol. The number of aromatic nitrogens is 2. The first-order chi connectivity index (χ1) is 8.19. The molecule has 17 heavy (non-hydrogen) atoms. The normalized spacial score (nSPS) is 9.82. The van der Waals surface area contributed by atoms with Gasteiger partial charge in [-0.25, -0.2) is 4.79 Å². The van der Waals surface area contributed by atoms with Gasteiger partial charge in [0.25, 0.3) is 5.56 Å². The van der Waals surface area contributed by atoms with Gasteiger partial charge in [0, 0.05) is 18.2 Å². The Balaban J connectivity index is 2.35. The van der Waals surface area contributed by atoms with Crippen LogP contribution in [0.1, 0.15) is 16.7 Å². The van der Waals surface area contributed by atoms with Crippen LogP contribution in [0, 0.1) is 11.3 Å². The standard InChI is InChI=1S/C12H9N3O2/c13-6-9-3-1-2-8(4-9)5-10-7-14-12(17)15-11(10)16/h1-4,7H,5H2,(H2,14,15,16,17). The maximum Gasteiger partial charge on any atom is 0.325 e. The Morgan fingerprint density at radius 1 is 1.29 bits per heavy atom. The van der Waals surface area contributed by atoms with E-state index in [0.29, 0.717) is 17.5 Å². The van der Waals surface area contributed by atoms with Crippen LogP contribution in [0.25, 0.3) is 0 Å². The van der Waals surface area contributed by atoms with Gasteiger partial charge in [-0.05, 0) is 17.7 Å². The van der Waals surface area contributed by atoms with Crippen molar-refractivity contribution in [3.8, 4) is 6.07 Å². The first-order valence-corrected chi connectivity index (χ1v) is 4.99. The van der Waals surface area contributed by atoms with E-state index in [0.717, 1.165) is 5.56 Å². The topological polar surface area (TPSA) is 89.5 Å². The zero-order valence-corrected chi connectivity index (χ0v) is 8.86. The molecule has 0 aliphatic carbocycles. The maximum atomic E-state index is 11.5. The Hall–Kier alpha value is -2.61. The number of aromatic amines is 2. The average molecular weight is 227 g/mol. The molecule has 5 heteroatoms. The van der Waals surface area contributed by atoms with Crippen LogP contribution >= 0.6 is 0 Å². The van der Waals surface area contributed by atoms with Gasteiger partial charge in [-0.3, -0.25) is 9.78 Å². The minimum atomic E-state index is -0.524. The van der Waals surface area contributed by atoms with Gasteiger partial charge in [-0.1, -0.05) is 12.1 Å². The van der Waals surface area contributed by atoms with Crippen LogP contribution in [0.3, 0.4) is 0 Å². The fourth-order valence-corrected chi connectivity index (χ4v) is 1.54. The molecule has 0 aliphatic heterocycles. The highest BCUT2D eigenvalue weighted by Crippen LogP contribution is 2.07. The Bertz CT molecular complexity index is 692.